The number of hydrogen-bond donors (Lipinski definition) is 1. The van der Waals surface area contributed by atoms with Crippen molar-refractivity contribution in [3.8, 4) is 5.75 Å². The normalized spacial score (nSPS) is 21.3. The summed E-state index contributed by atoms with van der Waals surface area (Å²) in [6.45, 7) is 1.31. The Morgan fingerprint density at radius 2 is 2.21 bits per heavy atom. The topological polar surface area (TPSA) is 53.0 Å². The fraction of sp³-hybridized carbons (Fsp3) is 0.500. The van der Waals surface area contributed by atoms with Gasteiger partial charge in [-0.1, -0.05) is 6.07 Å². The van der Waals surface area contributed by atoms with Gasteiger partial charge in [0.05, 0.1) is 13.7 Å². The molecule has 1 fully saturated rings. The summed E-state index contributed by atoms with van der Waals surface area (Å²) in [5.74, 6) is 0.666. The van der Waals surface area contributed by atoms with Gasteiger partial charge in [-0.15, -0.1) is 0 Å². The third-order valence-electron chi connectivity index (χ3n) is 3.51. The van der Waals surface area contributed by atoms with E-state index >= 15 is 0 Å². The molecule has 1 atom stereocenters. The number of aliphatic hydroxyl groups excluding tert-OH is 1. The van der Waals surface area contributed by atoms with Crippen LogP contribution in [0.2, 0.25) is 0 Å². The molecule has 0 spiro atoms. The van der Waals surface area contributed by atoms with E-state index in [4.69, 9.17) is 4.74 Å². The van der Waals surface area contributed by atoms with Gasteiger partial charge in [0.2, 0.25) is 5.91 Å². The third-order valence-corrected chi connectivity index (χ3v) is 3.51. The lowest BCUT2D eigenvalue weighted by Gasteiger charge is -2.26. The highest BCUT2D eigenvalue weighted by Gasteiger charge is 2.30. The molecule has 1 N–H and O–H groups in total. The lowest BCUT2D eigenvalue weighted by Crippen LogP contribution is -2.46. The number of anilines is 1. The molecule has 0 aromatic heterocycles. The van der Waals surface area contributed by atoms with Crippen LogP contribution >= 0.6 is 0 Å². The van der Waals surface area contributed by atoms with Crippen molar-refractivity contribution in [1.82, 2.24) is 4.90 Å². The van der Waals surface area contributed by atoms with E-state index in [-0.39, 0.29) is 12.5 Å². The van der Waals surface area contributed by atoms with Gasteiger partial charge in [-0.05, 0) is 25.6 Å². The van der Waals surface area contributed by atoms with Crippen molar-refractivity contribution >= 4 is 11.6 Å². The average molecular weight is 264 g/mol. The molecular formula is C14H20N2O3. The lowest BCUT2D eigenvalue weighted by atomic mass is 10.2. The van der Waals surface area contributed by atoms with Crippen LogP contribution in [0.4, 0.5) is 5.69 Å². The maximum absolute atomic E-state index is 12.5. The van der Waals surface area contributed by atoms with Crippen molar-refractivity contribution in [2.24, 2.45) is 0 Å². The molecule has 1 unspecified atom stereocenters. The SMILES string of the molecule is COc1cccc(N2CCCN(C)C(CO)C2=O)c1. The number of rotatable bonds is 3. The van der Waals surface area contributed by atoms with Crippen molar-refractivity contribution in [3.05, 3.63) is 24.3 Å². The van der Waals surface area contributed by atoms with Gasteiger partial charge >= 0.3 is 0 Å². The Morgan fingerprint density at radius 3 is 2.89 bits per heavy atom. The minimum atomic E-state index is -0.464. The fourth-order valence-corrected chi connectivity index (χ4v) is 2.36. The first-order valence-corrected chi connectivity index (χ1v) is 6.44. The summed E-state index contributed by atoms with van der Waals surface area (Å²) in [7, 11) is 3.47. The summed E-state index contributed by atoms with van der Waals surface area (Å²) in [5.41, 5.74) is 0.818. The van der Waals surface area contributed by atoms with Crippen LogP contribution in [0.5, 0.6) is 5.75 Å². The number of likely N-dealkylation sites (N-methyl/N-ethyl adjacent to an activating group) is 1. The molecule has 1 aromatic rings. The van der Waals surface area contributed by atoms with E-state index in [9.17, 15) is 9.90 Å². The number of carbonyl (C=O) groups excluding carboxylic acids is 1. The smallest absolute Gasteiger partial charge is 0.246 e. The van der Waals surface area contributed by atoms with E-state index in [1.54, 1.807) is 12.0 Å². The van der Waals surface area contributed by atoms with E-state index in [1.807, 2.05) is 36.2 Å². The quantitative estimate of drug-likeness (QED) is 0.874. The van der Waals surface area contributed by atoms with Crippen LogP contribution in [0.25, 0.3) is 0 Å². The molecule has 0 aliphatic carbocycles. The van der Waals surface area contributed by atoms with Crippen molar-refractivity contribution in [2.75, 3.05) is 38.8 Å². The number of benzene rings is 1. The third kappa shape index (κ3) is 2.88. The molecule has 0 saturated carbocycles. The van der Waals surface area contributed by atoms with Gasteiger partial charge in [-0.25, -0.2) is 0 Å². The van der Waals surface area contributed by atoms with Crippen molar-refractivity contribution < 1.29 is 14.6 Å². The fourth-order valence-electron chi connectivity index (χ4n) is 2.36. The second kappa shape index (κ2) is 6.04. The molecule has 104 valence electrons. The summed E-state index contributed by atoms with van der Waals surface area (Å²) in [6.07, 6.45) is 0.885. The van der Waals surface area contributed by atoms with Crippen LogP contribution in [-0.4, -0.2) is 55.8 Å². The summed E-state index contributed by atoms with van der Waals surface area (Å²) in [5, 5.41) is 9.41. The number of aliphatic hydroxyl groups is 1. The van der Waals surface area contributed by atoms with Gasteiger partial charge < -0.3 is 14.7 Å². The zero-order valence-corrected chi connectivity index (χ0v) is 11.4. The zero-order chi connectivity index (χ0) is 13.8. The van der Waals surface area contributed by atoms with Gasteiger partial charge in [0.25, 0.3) is 0 Å². The highest BCUT2D eigenvalue weighted by atomic mass is 16.5. The van der Waals surface area contributed by atoms with Gasteiger partial charge in [0.1, 0.15) is 11.8 Å². The lowest BCUT2D eigenvalue weighted by molar-refractivity contribution is -0.123. The molecule has 2 rings (SSSR count). The molecule has 1 heterocycles. The van der Waals surface area contributed by atoms with Gasteiger partial charge in [0, 0.05) is 24.8 Å². The van der Waals surface area contributed by atoms with E-state index in [0.29, 0.717) is 6.54 Å². The zero-order valence-electron chi connectivity index (χ0n) is 11.4. The van der Waals surface area contributed by atoms with Gasteiger partial charge in [-0.3, -0.25) is 9.69 Å². The molecule has 5 heteroatoms. The van der Waals surface area contributed by atoms with Gasteiger partial charge in [-0.2, -0.15) is 0 Å². The molecule has 1 aliphatic heterocycles. The summed E-state index contributed by atoms with van der Waals surface area (Å²) >= 11 is 0. The highest BCUT2D eigenvalue weighted by molar-refractivity contribution is 5.97. The maximum atomic E-state index is 12.5. The second-order valence-electron chi connectivity index (χ2n) is 4.72. The minimum absolute atomic E-state index is 0.0595. The second-order valence-corrected chi connectivity index (χ2v) is 4.72. The molecule has 0 radical (unpaired) electrons. The Balaban J connectivity index is 2.29. The Hall–Kier alpha value is -1.59. The first kappa shape index (κ1) is 13.8. The molecule has 0 bridgehead atoms. The first-order valence-electron chi connectivity index (χ1n) is 6.44. The van der Waals surface area contributed by atoms with E-state index in [1.165, 1.54) is 0 Å². The number of methoxy groups -OCH3 is 1. The van der Waals surface area contributed by atoms with Crippen LogP contribution in [0.15, 0.2) is 24.3 Å². The van der Waals surface area contributed by atoms with E-state index < -0.39 is 6.04 Å². The molecule has 5 nitrogen and oxygen atoms in total. The van der Waals surface area contributed by atoms with Crippen molar-refractivity contribution in [1.29, 1.82) is 0 Å². The van der Waals surface area contributed by atoms with E-state index in [0.717, 1.165) is 24.4 Å². The van der Waals surface area contributed by atoms with Gasteiger partial charge in [0.15, 0.2) is 0 Å². The molecule has 1 aromatic carbocycles. The maximum Gasteiger partial charge on any atom is 0.246 e. The predicted octanol–water partition coefficient (Wildman–Crippen LogP) is 0.725. The largest absolute Gasteiger partial charge is 0.497 e. The monoisotopic (exact) mass is 264 g/mol. The minimum Gasteiger partial charge on any atom is -0.497 e. The van der Waals surface area contributed by atoms with Crippen molar-refractivity contribution in [2.45, 2.75) is 12.5 Å². The predicted molar refractivity (Wildman–Crippen MR) is 73.5 cm³/mol. The van der Waals surface area contributed by atoms with Crippen LogP contribution in [0.1, 0.15) is 6.42 Å². The van der Waals surface area contributed by atoms with Crippen molar-refractivity contribution in [3.63, 3.8) is 0 Å². The average Bonchev–Trinajstić information content (AvgIpc) is 2.57. The molecule has 1 aliphatic rings. The summed E-state index contributed by atoms with van der Waals surface area (Å²) in [4.78, 5) is 16.1. The summed E-state index contributed by atoms with van der Waals surface area (Å²) < 4.78 is 5.19. The number of hydrogen-bond acceptors (Lipinski definition) is 4. The first-order chi connectivity index (χ1) is 9.17. The number of amides is 1. The van der Waals surface area contributed by atoms with E-state index in [2.05, 4.69) is 0 Å². The van der Waals surface area contributed by atoms with Crippen LogP contribution in [0.3, 0.4) is 0 Å². The Kier molecular flexibility index (Phi) is 4.39. The highest BCUT2D eigenvalue weighted by Crippen LogP contribution is 2.23. The Bertz CT molecular complexity index is 450. The Labute approximate surface area is 113 Å². The van der Waals surface area contributed by atoms with Crippen LogP contribution in [-0.2, 0) is 4.79 Å². The molecule has 1 saturated heterocycles. The standard InChI is InChI=1S/C14H20N2O3/c1-15-7-4-8-16(14(18)13(15)10-17)11-5-3-6-12(9-11)19-2/h3,5-6,9,13,17H,4,7-8,10H2,1-2H3. The number of nitrogens with zero attached hydrogens (tertiary/aromatic N) is 2. The van der Waals surface area contributed by atoms with Crippen LogP contribution in [0, 0.1) is 0 Å². The number of ether oxygens (including phenoxy) is 1. The Morgan fingerprint density at radius 1 is 1.42 bits per heavy atom. The molecule has 1 amide bonds. The molecular weight excluding hydrogens is 244 g/mol. The summed E-state index contributed by atoms with van der Waals surface area (Å²) in [6, 6.07) is 6.98. The number of carbonyl (C=O) groups is 1. The van der Waals surface area contributed by atoms with Crippen LogP contribution < -0.4 is 9.64 Å². The molecule has 19 heavy (non-hydrogen) atoms.